The molecule has 0 bridgehead atoms. The van der Waals surface area contributed by atoms with E-state index >= 15 is 0 Å². The average molecular weight is 335 g/mol. The largest absolute Gasteiger partial charge is 0.488 e. The quantitative estimate of drug-likeness (QED) is 0.890. The molecule has 118 valence electrons. The predicted molar refractivity (Wildman–Crippen MR) is 84.2 cm³/mol. The van der Waals surface area contributed by atoms with E-state index in [1.807, 2.05) is 12.1 Å². The minimum Gasteiger partial charge on any atom is -0.488 e. The maximum atomic E-state index is 12.0. The number of amides is 1. The Morgan fingerprint density at radius 2 is 2.33 bits per heavy atom. The van der Waals surface area contributed by atoms with Crippen molar-refractivity contribution in [1.82, 2.24) is 4.90 Å². The van der Waals surface area contributed by atoms with Crippen molar-refractivity contribution in [3.63, 3.8) is 0 Å². The van der Waals surface area contributed by atoms with E-state index in [1.165, 1.54) is 7.11 Å². The maximum Gasteiger partial charge on any atom is 0.242 e. The highest BCUT2D eigenvalue weighted by atomic mass is 35.5. The number of hydrogen-bond donors (Lipinski definition) is 1. The number of carbonyl (C=O) groups excluding carboxylic acids is 1. The summed E-state index contributed by atoms with van der Waals surface area (Å²) in [5, 5.41) is 0.635. The summed E-state index contributed by atoms with van der Waals surface area (Å²) >= 11 is 5.91. The number of rotatable bonds is 5. The molecule has 1 aliphatic heterocycles. The molecule has 1 aromatic carbocycles. The highest BCUT2D eigenvalue weighted by molar-refractivity contribution is 6.30. The number of nitrogens with zero attached hydrogens (tertiary/aromatic N) is 1. The van der Waals surface area contributed by atoms with Gasteiger partial charge in [-0.1, -0.05) is 17.7 Å². The summed E-state index contributed by atoms with van der Waals surface area (Å²) in [5.74, 6) is 0.627. The number of halogens is 2. The van der Waals surface area contributed by atoms with Crippen LogP contribution < -0.4 is 10.5 Å². The summed E-state index contributed by atoms with van der Waals surface area (Å²) in [5.41, 5.74) is 5.75. The molecule has 1 saturated heterocycles. The molecule has 0 aliphatic carbocycles. The third kappa shape index (κ3) is 5.04. The molecular weight excluding hydrogens is 315 g/mol. The van der Waals surface area contributed by atoms with Crippen molar-refractivity contribution in [3.8, 4) is 5.75 Å². The zero-order chi connectivity index (χ0) is 14.5. The average Bonchev–Trinajstić information content (AvgIpc) is 2.86. The Balaban J connectivity index is 0.00000220. The van der Waals surface area contributed by atoms with E-state index in [1.54, 1.807) is 17.0 Å². The van der Waals surface area contributed by atoms with E-state index in [0.29, 0.717) is 18.1 Å². The van der Waals surface area contributed by atoms with Crippen LogP contribution in [0.2, 0.25) is 5.02 Å². The zero-order valence-corrected chi connectivity index (χ0v) is 13.4. The number of nitrogens with two attached hydrogens (primary N) is 1. The zero-order valence-electron chi connectivity index (χ0n) is 11.8. The van der Waals surface area contributed by atoms with Crippen LogP contribution in [-0.4, -0.2) is 49.8 Å². The van der Waals surface area contributed by atoms with Gasteiger partial charge in [0.2, 0.25) is 5.91 Å². The Morgan fingerprint density at radius 1 is 1.57 bits per heavy atom. The van der Waals surface area contributed by atoms with Gasteiger partial charge in [-0.15, -0.1) is 12.4 Å². The fourth-order valence-corrected chi connectivity index (χ4v) is 2.42. The molecule has 0 radical (unpaired) electrons. The SMILES string of the molecule is COCC(N)C(=O)N1CCC(Oc2cccc(Cl)c2)C1.Cl. The molecule has 2 unspecified atom stereocenters. The van der Waals surface area contributed by atoms with Crippen LogP contribution in [-0.2, 0) is 9.53 Å². The Morgan fingerprint density at radius 3 is 3.00 bits per heavy atom. The molecule has 1 amide bonds. The van der Waals surface area contributed by atoms with Crippen molar-refractivity contribution in [1.29, 1.82) is 0 Å². The fourth-order valence-electron chi connectivity index (χ4n) is 2.24. The predicted octanol–water partition coefficient (Wildman–Crippen LogP) is 1.72. The van der Waals surface area contributed by atoms with Gasteiger partial charge in [0, 0.05) is 25.1 Å². The summed E-state index contributed by atoms with van der Waals surface area (Å²) in [6.07, 6.45) is 0.768. The van der Waals surface area contributed by atoms with Crippen molar-refractivity contribution in [2.45, 2.75) is 18.6 Å². The fraction of sp³-hybridized carbons (Fsp3) is 0.500. The van der Waals surface area contributed by atoms with E-state index in [9.17, 15) is 4.79 Å². The number of ether oxygens (including phenoxy) is 2. The molecule has 2 rings (SSSR count). The Hall–Kier alpha value is -1.01. The number of benzene rings is 1. The normalized spacial score (nSPS) is 19.0. The van der Waals surface area contributed by atoms with Crippen molar-refractivity contribution >= 4 is 29.9 Å². The van der Waals surface area contributed by atoms with Gasteiger partial charge in [-0.25, -0.2) is 0 Å². The molecule has 1 aromatic rings. The molecular formula is C14H20Cl2N2O3. The van der Waals surface area contributed by atoms with E-state index in [4.69, 9.17) is 26.8 Å². The van der Waals surface area contributed by atoms with Gasteiger partial charge >= 0.3 is 0 Å². The van der Waals surface area contributed by atoms with Crippen molar-refractivity contribution in [2.75, 3.05) is 26.8 Å². The van der Waals surface area contributed by atoms with Gasteiger partial charge in [0.25, 0.3) is 0 Å². The lowest BCUT2D eigenvalue weighted by Crippen LogP contribution is -2.45. The van der Waals surface area contributed by atoms with Crippen LogP contribution in [0.5, 0.6) is 5.75 Å². The van der Waals surface area contributed by atoms with E-state index < -0.39 is 6.04 Å². The smallest absolute Gasteiger partial charge is 0.242 e. The van der Waals surface area contributed by atoms with Crippen LogP contribution in [0.1, 0.15) is 6.42 Å². The summed E-state index contributed by atoms with van der Waals surface area (Å²) in [6.45, 7) is 1.43. The third-order valence-corrected chi connectivity index (χ3v) is 3.45. The first kappa shape index (κ1) is 18.0. The van der Waals surface area contributed by atoms with Gasteiger partial charge in [0.1, 0.15) is 17.9 Å². The Kier molecular flexibility index (Phi) is 7.25. The maximum absolute atomic E-state index is 12.0. The number of hydrogen-bond acceptors (Lipinski definition) is 4. The molecule has 7 heteroatoms. The lowest BCUT2D eigenvalue weighted by Gasteiger charge is -2.20. The van der Waals surface area contributed by atoms with Crippen LogP contribution in [0.15, 0.2) is 24.3 Å². The molecule has 1 fully saturated rings. The number of likely N-dealkylation sites (tertiary alicyclic amines) is 1. The van der Waals surface area contributed by atoms with Gasteiger partial charge < -0.3 is 20.1 Å². The van der Waals surface area contributed by atoms with Crippen LogP contribution in [0.3, 0.4) is 0 Å². The van der Waals surface area contributed by atoms with Crippen molar-refractivity contribution < 1.29 is 14.3 Å². The molecule has 2 N–H and O–H groups in total. The molecule has 1 aliphatic rings. The topological polar surface area (TPSA) is 64.8 Å². The second kappa shape index (κ2) is 8.44. The summed E-state index contributed by atoms with van der Waals surface area (Å²) in [7, 11) is 1.53. The first-order valence-electron chi connectivity index (χ1n) is 6.55. The monoisotopic (exact) mass is 334 g/mol. The van der Waals surface area contributed by atoms with Gasteiger partial charge in [-0.2, -0.15) is 0 Å². The summed E-state index contributed by atoms with van der Waals surface area (Å²) in [6, 6.07) is 6.65. The van der Waals surface area contributed by atoms with Crippen molar-refractivity contribution in [2.24, 2.45) is 5.73 Å². The lowest BCUT2D eigenvalue weighted by molar-refractivity contribution is -0.132. The first-order chi connectivity index (χ1) is 9.60. The minimum absolute atomic E-state index is 0. The molecule has 0 aromatic heterocycles. The Labute approximate surface area is 135 Å². The van der Waals surface area contributed by atoms with Gasteiger partial charge in [0.15, 0.2) is 0 Å². The lowest BCUT2D eigenvalue weighted by atomic mass is 10.3. The molecule has 1 heterocycles. The van der Waals surface area contributed by atoms with Crippen LogP contribution in [0.4, 0.5) is 0 Å². The highest BCUT2D eigenvalue weighted by Crippen LogP contribution is 2.21. The molecule has 5 nitrogen and oxygen atoms in total. The van der Waals surface area contributed by atoms with Crippen LogP contribution in [0.25, 0.3) is 0 Å². The number of methoxy groups -OCH3 is 1. The molecule has 0 spiro atoms. The minimum atomic E-state index is -0.607. The van der Waals surface area contributed by atoms with Crippen LogP contribution >= 0.6 is 24.0 Å². The van der Waals surface area contributed by atoms with E-state index in [0.717, 1.165) is 12.2 Å². The van der Waals surface area contributed by atoms with E-state index in [2.05, 4.69) is 0 Å². The van der Waals surface area contributed by atoms with Gasteiger partial charge in [0.05, 0.1) is 13.2 Å². The first-order valence-corrected chi connectivity index (χ1v) is 6.93. The molecule has 0 saturated carbocycles. The highest BCUT2D eigenvalue weighted by Gasteiger charge is 2.30. The molecule has 21 heavy (non-hydrogen) atoms. The number of carbonyl (C=O) groups is 1. The van der Waals surface area contributed by atoms with Crippen LogP contribution in [0, 0.1) is 0 Å². The standard InChI is InChI=1S/C14H19ClN2O3.ClH/c1-19-9-13(16)14(18)17-6-5-12(8-17)20-11-4-2-3-10(15)7-11;/h2-4,7,12-13H,5-6,8-9,16H2,1H3;1H. The summed E-state index contributed by atoms with van der Waals surface area (Å²) < 4.78 is 10.7. The Bertz CT molecular complexity index is 473. The second-order valence-corrected chi connectivity index (χ2v) is 5.27. The van der Waals surface area contributed by atoms with Gasteiger partial charge in [-0.05, 0) is 18.2 Å². The molecule has 2 atom stereocenters. The van der Waals surface area contributed by atoms with Gasteiger partial charge in [-0.3, -0.25) is 4.79 Å². The third-order valence-electron chi connectivity index (χ3n) is 3.22. The summed E-state index contributed by atoms with van der Waals surface area (Å²) in [4.78, 5) is 13.8. The van der Waals surface area contributed by atoms with Crippen molar-refractivity contribution in [3.05, 3.63) is 29.3 Å². The second-order valence-electron chi connectivity index (χ2n) is 4.83. The van der Waals surface area contributed by atoms with E-state index in [-0.39, 0.29) is 31.0 Å².